The van der Waals surface area contributed by atoms with Gasteiger partial charge in [-0.25, -0.2) is 0 Å². The maximum absolute atomic E-state index is 11.8. The summed E-state index contributed by atoms with van der Waals surface area (Å²) in [5.41, 5.74) is -0.634. The summed E-state index contributed by atoms with van der Waals surface area (Å²) in [6, 6.07) is 3.79. The maximum atomic E-state index is 11.8. The topological polar surface area (TPSA) is 102 Å². The number of amides is 1. The molecule has 0 atom stereocenters. The van der Waals surface area contributed by atoms with Crippen LogP contribution in [0.5, 0.6) is 5.75 Å². The number of hydrogen-bond acceptors (Lipinski definition) is 5. The van der Waals surface area contributed by atoms with Crippen molar-refractivity contribution in [1.82, 2.24) is 5.32 Å². The summed E-state index contributed by atoms with van der Waals surface area (Å²) >= 11 is 0. The third-order valence-corrected chi connectivity index (χ3v) is 2.45. The van der Waals surface area contributed by atoms with Crippen LogP contribution in [-0.4, -0.2) is 35.7 Å². The van der Waals surface area contributed by atoms with Gasteiger partial charge in [-0.2, -0.15) is 0 Å². The molecule has 0 saturated heterocycles. The number of phenols is 1. The van der Waals surface area contributed by atoms with Gasteiger partial charge in [0.2, 0.25) is 5.75 Å². The highest BCUT2D eigenvalue weighted by Crippen LogP contribution is 2.28. The molecule has 0 aliphatic heterocycles. The Hall–Kier alpha value is -2.41. The highest BCUT2D eigenvalue weighted by molar-refractivity contribution is 5.98. The van der Waals surface area contributed by atoms with Gasteiger partial charge in [0.15, 0.2) is 0 Å². The van der Waals surface area contributed by atoms with Crippen LogP contribution in [0.1, 0.15) is 16.8 Å². The second-order valence-corrected chi connectivity index (χ2v) is 3.88. The van der Waals surface area contributed by atoms with E-state index in [4.69, 9.17) is 4.74 Å². The quantitative estimate of drug-likeness (QED) is 0.326. The number of phenolic OH excluding ortho intramolecular Hbond substituents is 1. The molecule has 0 aliphatic carbocycles. The molecule has 20 heavy (non-hydrogen) atoms. The first-order valence-corrected chi connectivity index (χ1v) is 6.01. The van der Waals surface area contributed by atoms with E-state index in [0.29, 0.717) is 13.2 Å². The summed E-state index contributed by atoms with van der Waals surface area (Å²) in [6.45, 7) is 4.62. The molecule has 7 nitrogen and oxygen atoms in total. The summed E-state index contributed by atoms with van der Waals surface area (Å²) < 4.78 is 5.20. The molecule has 0 fully saturated rings. The predicted octanol–water partition coefficient (Wildman–Crippen LogP) is 1.62. The molecular formula is C13H16N2O5. The molecule has 1 amide bonds. The van der Waals surface area contributed by atoms with Gasteiger partial charge in [0, 0.05) is 12.6 Å². The fourth-order valence-electron chi connectivity index (χ4n) is 1.46. The zero-order valence-corrected chi connectivity index (χ0v) is 10.9. The predicted molar refractivity (Wildman–Crippen MR) is 72.7 cm³/mol. The molecule has 1 rings (SSSR count). The van der Waals surface area contributed by atoms with Gasteiger partial charge in [0.05, 0.1) is 23.7 Å². The molecule has 0 spiro atoms. The Morgan fingerprint density at radius 2 is 2.25 bits per heavy atom. The van der Waals surface area contributed by atoms with E-state index in [-0.39, 0.29) is 12.1 Å². The van der Waals surface area contributed by atoms with Crippen molar-refractivity contribution >= 4 is 11.6 Å². The van der Waals surface area contributed by atoms with Crippen LogP contribution in [0.2, 0.25) is 0 Å². The lowest BCUT2D eigenvalue weighted by molar-refractivity contribution is -0.385. The van der Waals surface area contributed by atoms with Gasteiger partial charge >= 0.3 is 5.69 Å². The minimum absolute atomic E-state index is 0.134. The Morgan fingerprint density at radius 1 is 1.50 bits per heavy atom. The number of ether oxygens (including phenoxy) is 1. The fraction of sp³-hybridized carbons (Fsp3) is 0.308. The summed E-state index contributed by atoms with van der Waals surface area (Å²) in [6.07, 6.45) is 2.44. The summed E-state index contributed by atoms with van der Waals surface area (Å²) in [4.78, 5) is 21.7. The van der Waals surface area contributed by atoms with Crippen LogP contribution in [0.3, 0.4) is 0 Å². The third kappa shape index (κ3) is 4.36. The molecule has 0 saturated carbocycles. The van der Waals surface area contributed by atoms with Crippen molar-refractivity contribution in [2.24, 2.45) is 0 Å². The van der Waals surface area contributed by atoms with Gasteiger partial charge in [-0.05, 0) is 12.5 Å². The summed E-state index contributed by atoms with van der Waals surface area (Å²) in [5.74, 6) is -1.22. The average molecular weight is 280 g/mol. The van der Waals surface area contributed by atoms with Gasteiger partial charge in [-0.15, -0.1) is 6.58 Å². The number of nitro groups is 1. The van der Waals surface area contributed by atoms with Crippen molar-refractivity contribution in [2.45, 2.75) is 6.42 Å². The molecule has 108 valence electrons. The van der Waals surface area contributed by atoms with Crippen LogP contribution in [0, 0.1) is 10.1 Å². The highest BCUT2D eigenvalue weighted by atomic mass is 16.6. The number of nitro benzene ring substituents is 1. The molecule has 2 N–H and O–H groups in total. The van der Waals surface area contributed by atoms with Crippen LogP contribution < -0.4 is 5.32 Å². The van der Waals surface area contributed by atoms with Crippen molar-refractivity contribution in [2.75, 3.05) is 19.8 Å². The standard InChI is InChI=1S/C13H16N2O5/c1-2-3-8-20-9-7-14-13(17)10-5-4-6-11(12(10)16)15(18)19/h2,4-6,16H,1,3,7-9H2,(H,14,17). The number of carbonyl (C=O) groups excluding carboxylic acids is 1. The van der Waals surface area contributed by atoms with E-state index in [2.05, 4.69) is 11.9 Å². The number of carbonyl (C=O) groups is 1. The lowest BCUT2D eigenvalue weighted by Crippen LogP contribution is -2.27. The van der Waals surface area contributed by atoms with Crippen molar-refractivity contribution in [3.63, 3.8) is 0 Å². The largest absolute Gasteiger partial charge is 0.502 e. The van der Waals surface area contributed by atoms with Crippen LogP contribution in [-0.2, 0) is 4.74 Å². The van der Waals surface area contributed by atoms with Crippen molar-refractivity contribution in [1.29, 1.82) is 0 Å². The zero-order valence-electron chi connectivity index (χ0n) is 10.9. The number of nitrogens with zero attached hydrogens (tertiary/aromatic N) is 1. The number of benzene rings is 1. The molecule has 0 bridgehead atoms. The molecule has 0 unspecified atom stereocenters. The Balaban J connectivity index is 2.53. The number of nitrogens with one attached hydrogen (secondary N) is 1. The Kier molecular flexibility index (Phi) is 6.18. The lowest BCUT2D eigenvalue weighted by Gasteiger charge is -2.07. The smallest absolute Gasteiger partial charge is 0.311 e. The molecular weight excluding hydrogens is 264 g/mol. The minimum Gasteiger partial charge on any atom is -0.502 e. The normalized spacial score (nSPS) is 10.0. The van der Waals surface area contributed by atoms with E-state index in [0.717, 1.165) is 12.5 Å². The average Bonchev–Trinajstić information content (AvgIpc) is 2.42. The summed E-state index contributed by atoms with van der Waals surface area (Å²) in [7, 11) is 0. The van der Waals surface area contributed by atoms with Crippen molar-refractivity contribution < 1.29 is 19.6 Å². The van der Waals surface area contributed by atoms with Crippen LogP contribution in [0.15, 0.2) is 30.9 Å². The van der Waals surface area contributed by atoms with E-state index in [1.165, 1.54) is 12.1 Å². The van der Waals surface area contributed by atoms with E-state index < -0.39 is 22.3 Å². The maximum Gasteiger partial charge on any atom is 0.311 e. The monoisotopic (exact) mass is 280 g/mol. The first-order chi connectivity index (χ1) is 9.57. The van der Waals surface area contributed by atoms with E-state index in [9.17, 15) is 20.0 Å². The lowest BCUT2D eigenvalue weighted by atomic mass is 10.1. The van der Waals surface area contributed by atoms with Crippen molar-refractivity contribution in [3.8, 4) is 5.75 Å². The molecule has 0 aromatic heterocycles. The van der Waals surface area contributed by atoms with E-state index >= 15 is 0 Å². The second-order valence-electron chi connectivity index (χ2n) is 3.88. The number of para-hydroxylation sites is 1. The van der Waals surface area contributed by atoms with Gasteiger partial charge < -0.3 is 15.2 Å². The molecule has 1 aromatic rings. The molecule has 7 heteroatoms. The van der Waals surface area contributed by atoms with Crippen LogP contribution in [0.4, 0.5) is 5.69 Å². The first kappa shape index (κ1) is 15.6. The van der Waals surface area contributed by atoms with Crippen LogP contribution in [0.25, 0.3) is 0 Å². The molecule has 0 heterocycles. The number of hydrogen-bond donors (Lipinski definition) is 2. The Bertz CT molecular complexity index is 502. The van der Waals surface area contributed by atoms with E-state index in [1.54, 1.807) is 6.08 Å². The first-order valence-electron chi connectivity index (χ1n) is 6.01. The number of rotatable bonds is 8. The minimum atomic E-state index is -0.746. The highest BCUT2D eigenvalue weighted by Gasteiger charge is 2.20. The van der Waals surface area contributed by atoms with E-state index in [1.807, 2.05) is 0 Å². The van der Waals surface area contributed by atoms with Gasteiger partial charge in [-0.3, -0.25) is 14.9 Å². The fourth-order valence-corrected chi connectivity index (χ4v) is 1.46. The van der Waals surface area contributed by atoms with Crippen molar-refractivity contribution in [3.05, 3.63) is 46.5 Å². The zero-order chi connectivity index (χ0) is 15.0. The molecule has 1 aromatic carbocycles. The third-order valence-electron chi connectivity index (χ3n) is 2.45. The Morgan fingerprint density at radius 3 is 2.90 bits per heavy atom. The van der Waals surface area contributed by atoms with Gasteiger partial charge in [0.25, 0.3) is 5.91 Å². The number of aromatic hydroxyl groups is 1. The van der Waals surface area contributed by atoms with Gasteiger partial charge in [-0.1, -0.05) is 12.1 Å². The molecule has 0 radical (unpaired) electrons. The van der Waals surface area contributed by atoms with Gasteiger partial charge in [0.1, 0.15) is 0 Å². The SMILES string of the molecule is C=CCCOCCNC(=O)c1cccc([N+](=O)[O-])c1O. The summed E-state index contributed by atoms with van der Waals surface area (Å²) in [5, 5.41) is 22.8. The second kappa shape index (κ2) is 7.90. The molecule has 0 aliphatic rings. The Labute approximate surface area is 116 Å². The van der Waals surface area contributed by atoms with Crippen LogP contribution >= 0.6 is 0 Å².